The van der Waals surface area contributed by atoms with Crippen LogP contribution in [0.4, 0.5) is 0 Å². The summed E-state index contributed by atoms with van der Waals surface area (Å²) in [5.74, 6) is 0. The molecule has 1 saturated heterocycles. The topological polar surface area (TPSA) is 12.5 Å². The molecular weight excluding hydrogens is 210 g/mol. The third-order valence-corrected chi connectivity index (χ3v) is 4.63. The molecule has 1 aliphatic carbocycles. The maximum absolute atomic E-state index is 5.91. The largest absolute Gasteiger partial charge is 0.378 e. The van der Waals surface area contributed by atoms with Gasteiger partial charge in [-0.3, -0.25) is 0 Å². The first kappa shape index (κ1) is 13.4. The molecule has 2 heteroatoms. The second-order valence-electron chi connectivity index (χ2n) is 6.10. The third-order valence-electron chi connectivity index (χ3n) is 4.63. The van der Waals surface area contributed by atoms with E-state index in [2.05, 4.69) is 18.7 Å². The Balaban J connectivity index is 1.62. The van der Waals surface area contributed by atoms with Crippen LogP contribution in [0, 0.1) is 5.41 Å². The Hall–Kier alpha value is -0.0800. The van der Waals surface area contributed by atoms with Gasteiger partial charge < -0.3 is 9.64 Å². The second kappa shape index (κ2) is 6.19. The third kappa shape index (κ3) is 3.45. The number of ether oxygens (including phenoxy) is 1. The minimum atomic E-state index is 0.597. The highest BCUT2D eigenvalue weighted by atomic mass is 16.5. The zero-order valence-corrected chi connectivity index (χ0v) is 11.7. The maximum Gasteiger partial charge on any atom is 0.0585 e. The van der Waals surface area contributed by atoms with Gasteiger partial charge in [0.15, 0.2) is 0 Å². The highest BCUT2D eigenvalue weighted by molar-refractivity contribution is 4.97. The summed E-state index contributed by atoms with van der Waals surface area (Å²) >= 11 is 0. The van der Waals surface area contributed by atoms with Crippen molar-refractivity contribution in [2.24, 2.45) is 5.41 Å². The molecule has 100 valence electrons. The standard InChI is InChI=1S/C15H29NO/c1-3-5-11-17-14-12-15(13-14)6-9-16(8-4-2)10-7-15/h14H,3-13H2,1-2H3. The zero-order chi connectivity index (χ0) is 12.1. The molecule has 17 heavy (non-hydrogen) atoms. The van der Waals surface area contributed by atoms with Crippen LogP contribution in [0.1, 0.15) is 58.8 Å². The Morgan fingerprint density at radius 1 is 1.12 bits per heavy atom. The van der Waals surface area contributed by atoms with Crippen molar-refractivity contribution < 1.29 is 4.74 Å². The Morgan fingerprint density at radius 3 is 2.41 bits per heavy atom. The van der Waals surface area contributed by atoms with E-state index >= 15 is 0 Å². The van der Waals surface area contributed by atoms with Crippen molar-refractivity contribution in [2.75, 3.05) is 26.2 Å². The van der Waals surface area contributed by atoms with Crippen molar-refractivity contribution in [3.05, 3.63) is 0 Å². The average Bonchev–Trinajstić information content (AvgIpc) is 2.30. The first-order valence-electron chi connectivity index (χ1n) is 7.62. The molecule has 1 heterocycles. The van der Waals surface area contributed by atoms with Crippen LogP contribution in [0.2, 0.25) is 0 Å². The molecule has 2 fully saturated rings. The van der Waals surface area contributed by atoms with Crippen molar-refractivity contribution in [3.8, 4) is 0 Å². The summed E-state index contributed by atoms with van der Waals surface area (Å²) in [6, 6.07) is 0. The summed E-state index contributed by atoms with van der Waals surface area (Å²) in [7, 11) is 0. The molecule has 0 aromatic rings. The van der Waals surface area contributed by atoms with E-state index in [1.807, 2.05) is 0 Å². The van der Waals surface area contributed by atoms with E-state index in [4.69, 9.17) is 4.74 Å². The SMILES string of the molecule is CCCCOC1CC2(CCN(CCC)CC2)C1. The van der Waals surface area contributed by atoms with Gasteiger partial charge in [-0.15, -0.1) is 0 Å². The first-order valence-corrected chi connectivity index (χ1v) is 7.62. The lowest BCUT2D eigenvalue weighted by Crippen LogP contribution is -2.50. The molecule has 2 nitrogen and oxygen atoms in total. The molecule has 1 spiro atoms. The molecule has 0 radical (unpaired) electrons. The molecule has 0 bridgehead atoms. The lowest BCUT2D eigenvalue weighted by Gasteiger charge is -2.52. The van der Waals surface area contributed by atoms with Crippen LogP contribution in [0.3, 0.4) is 0 Å². The molecule has 2 aliphatic rings. The normalized spacial score (nSPS) is 25.1. The second-order valence-corrected chi connectivity index (χ2v) is 6.10. The molecule has 0 aromatic carbocycles. The average molecular weight is 239 g/mol. The molecule has 0 amide bonds. The van der Waals surface area contributed by atoms with E-state index in [1.165, 1.54) is 64.6 Å². The van der Waals surface area contributed by atoms with E-state index in [0.29, 0.717) is 11.5 Å². The summed E-state index contributed by atoms with van der Waals surface area (Å²) in [5.41, 5.74) is 0.682. The lowest BCUT2D eigenvalue weighted by atomic mass is 9.61. The van der Waals surface area contributed by atoms with Crippen molar-refractivity contribution in [1.82, 2.24) is 4.90 Å². The van der Waals surface area contributed by atoms with Crippen LogP contribution in [0.25, 0.3) is 0 Å². The quantitative estimate of drug-likeness (QED) is 0.658. The van der Waals surface area contributed by atoms with Gasteiger partial charge in [-0.05, 0) is 63.6 Å². The predicted octanol–water partition coefficient (Wildman–Crippen LogP) is 3.46. The van der Waals surface area contributed by atoms with Gasteiger partial charge >= 0.3 is 0 Å². The fourth-order valence-corrected chi connectivity index (χ4v) is 3.39. The monoisotopic (exact) mass is 239 g/mol. The maximum atomic E-state index is 5.91. The van der Waals surface area contributed by atoms with Gasteiger partial charge in [0, 0.05) is 6.61 Å². The molecule has 0 atom stereocenters. The zero-order valence-electron chi connectivity index (χ0n) is 11.7. The van der Waals surface area contributed by atoms with Crippen molar-refractivity contribution >= 4 is 0 Å². The van der Waals surface area contributed by atoms with E-state index < -0.39 is 0 Å². The van der Waals surface area contributed by atoms with Gasteiger partial charge in [0.1, 0.15) is 0 Å². The number of piperidine rings is 1. The molecule has 0 aromatic heterocycles. The number of rotatable bonds is 6. The summed E-state index contributed by atoms with van der Waals surface area (Å²) in [6.07, 6.45) is 9.90. The Morgan fingerprint density at radius 2 is 1.82 bits per heavy atom. The summed E-state index contributed by atoms with van der Waals surface area (Å²) < 4.78 is 5.91. The van der Waals surface area contributed by atoms with E-state index in [9.17, 15) is 0 Å². The van der Waals surface area contributed by atoms with Crippen LogP contribution < -0.4 is 0 Å². The fraction of sp³-hybridized carbons (Fsp3) is 1.00. The molecular formula is C15H29NO. The van der Waals surface area contributed by atoms with Gasteiger partial charge in [-0.25, -0.2) is 0 Å². The van der Waals surface area contributed by atoms with Crippen LogP contribution in [-0.2, 0) is 4.74 Å². The summed E-state index contributed by atoms with van der Waals surface area (Å²) in [6.45, 7) is 9.46. The summed E-state index contributed by atoms with van der Waals surface area (Å²) in [5, 5.41) is 0. The van der Waals surface area contributed by atoms with E-state index in [1.54, 1.807) is 0 Å². The van der Waals surface area contributed by atoms with Crippen molar-refractivity contribution in [2.45, 2.75) is 64.9 Å². The highest BCUT2D eigenvalue weighted by Crippen LogP contribution is 2.50. The van der Waals surface area contributed by atoms with Gasteiger partial charge in [-0.1, -0.05) is 20.3 Å². The number of unbranched alkanes of at least 4 members (excludes halogenated alkanes) is 1. The number of nitrogens with zero attached hydrogens (tertiary/aromatic N) is 1. The number of hydrogen-bond acceptors (Lipinski definition) is 2. The van der Waals surface area contributed by atoms with E-state index in [-0.39, 0.29) is 0 Å². The molecule has 1 aliphatic heterocycles. The van der Waals surface area contributed by atoms with Crippen LogP contribution in [0.15, 0.2) is 0 Å². The van der Waals surface area contributed by atoms with Gasteiger partial charge in [0.05, 0.1) is 6.10 Å². The van der Waals surface area contributed by atoms with Crippen LogP contribution >= 0.6 is 0 Å². The van der Waals surface area contributed by atoms with Crippen molar-refractivity contribution in [3.63, 3.8) is 0 Å². The molecule has 0 unspecified atom stereocenters. The smallest absolute Gasteiger partial charge is 0.0585 e. The Bertz CT molecular complexity index is 213. The van der Waals surface area contributed by atoms with Crippen LogP contribution in [-0.4, -0.2) is 37.2 Å². The number of likely N-dealkylation sites (tertiary alicyclic amines) is 1. The van der Waals surface area contributed by atoms with Crippen molar-refractivity contribution in [1.29, 1.82) is 0 Å². The Labute approximate surface area is 107 Å². The number of hydrogen-bond donors (Lipinski definition) is 0. The van der Waals surface area contributed by atoms with Gasteiger partial charge in [-0.2, -0.15) is 0 Å². The Kier molecular flexibility index (Phi) is 4.87. The molecule has 2 rings (SSSR count). The highest BCUT2D eigenvalue weighted by Gasteiger charge is 2.45. The van der Waals surface area contributed by atoms with Gasteiger partial charge in [0.25, 0.3) is 0 Å². The summed E-state index contributed by atoms with van der Waals surface area (Å²) in [4.78, 5) is 2.64. The van der Waals surface area contributed by atoms with Crippen LogP contribution in [0.5, 0.6) is 0 Å². The fourth-order valence-electron chi connectivity index (χ4n) is 3.39. The minimum Gasteiger partial charge on any atom is -0.378 e. The van der Waals surface area contributed by atoms with Gasteiger partial charge in [0.2, 0.25) is 0 Å². The minimum absolute atomic E-state index is 0.597. The predicted molar refractivity (Wildman–Crippen MR) is 72.3 cm³/mol. The van der Waals surface area contributed by atoms with E-state index in [0.717, 1.165) is 6.61 Å². The lowest BCUT2D eigenvalue weighted by molar-refractivity contribution is -0.105. The first-order chi connectivity index (χ1) is 8.28. The molecule has 1 saturated carbocycles. The molecule has 0 N–H and O–H groups in total.